The van der Waals surface area contributed by atoms with Crippen LogP contribution >= 0.6 is 0 Å². The Morgan fingerprint density at radius 2 is 1.79 bits per heavy atom. The molecule has 1 saturated heterocycles. The molecule has 14 heavy (non-hydrogen) atoms. The number of Topliss-reactive ketones (excluding diaryl/α,β-unsaturated/α-hetero) is 2. The second-order valence-corrected chi connectivity index (χ2v) is 4.41. The predicted octanol–water partition coefficient (Wildman–Crippen LogP) is 1.26. The summed E-state index contributed by atoms with van der Waals surface area (Å²) in [5.74, 6) is 0.845. The van der Waals surface area contributed by atoms with Gasteiger partial charge < -0.3 is 9.69 Å². The molecule has 0 radical (unpaired) electrons. The Bertz CT molecular complexity index is 237. The zero-order valence-electron chi connectivity index (χ0n) is 9.25. The Morgan fingerprint density at radius 1 is 1.21 bits per heavy atom. The lowest BCUT2D eigenvalue weighted by atomic mass is 9.92. The minimum Gasteiger partial charge on any atom is -0.303 e. The van der Waals surface area contributed by atoms with Crippen molar-refractivity contribution in [2.24, 2.45) is 5.92 Å². The average molecular weight is 197 g/mol. The molecule has 1 aliphatic rings. The third-order valence-corrected chi connectivity index (χ3v) is 3.01. The van der Waals surface area contributed by atoms with E-state index in [2.05, 4.69) is 4.90 Å². The van der Waals surface area contributed by atoms with E-state index in [9.17, 15) is 9.59 Å². The Kier molecular flexibility index (Phi) is 3.81. The molecule has 1 heterocycles. The van der Waals surface area contributed by atoms with E-state index in [0.717, 1.165) is 13.0 Å². The normalized spacial score (nSPS) is 27.9. The maximum atomic E-state index is 11.1. The molecular weight excluding hydrogens is 178 g/mol. The molecule has 0 amide bonds. The zero-order valence-corrected chi connectivity index (χ0v) is 9.25. The highest BCUT2D eigenvalue weighted by Gasteiger charge is 2.32. The molecule has 0 aromatic heterocycles. The van der Waals surface area contributed by atoms with Crippen LogP contribution in [0.15, 0.2) is 0 Å². The fourth-order valence-corrected chi connectivity index (χ4v) is 2.31. The summed E-state index contributed by atoms with van der Waals surface area (Å²) in [7, 11) is 2.04. The van der Waals surface area contributed by atoms with Crippen molar-refractivity contribution in [1.82, 2.24) is 4.90 Å². The van der Waals surface area contributed by atoms with Gasteiger partial charge in [-0.2, -0.15) is 0 Å². The first-order valence-electron chi connectivity index (χ1n) is 5.20. The Hall–Kier alpha value is -0.700. The topological polar surface area (TPSA) is 37.4 Å². The minimum absolute atomic E-state index is 0.220. The zero-order chi connectivity index (χ0) is 10.7. The van der Waals surface area contributed by atoms with Gasteiger partial charge in [0.2, 0.25) is 0 Å². The first-order valence-corrected chi connectivity index (χ1v) is 5.20. The molecule has 1 aliphatic heterocycles. The van der Waals surface area contributed by atoms with Crippen LogP contribution in [0.5, 0.6) is 0 Å². The number of carbonyl (C=O) groups is 2. The van der Waals surface area contributed by atoms with Crippen LogP contribution < -0.4 is 0 Å². The Morgan fingerprint density at radius 3 is 2.29 bits per heavy atom. The predicted molar refractivity (Wildman–Crippen MR) is 55.1 cm³/mol. The van der Waals surface area contributed by atoms with E-state index in [1.807, 2.05) is 7.05 Å². The number of likely N-dealkylation sites (tertiary alicyclic amines) is 1. The van der Waals surface area contributed by atoms with Crippen LogP contribution in [0, 0.1) is 5.92 Å². The Labute approximate surface area is 85.5 Å². The van der Waals surface area contributed by atoms with Crippen molar-refractivity contribution in [3.63, 3.8) is 0 Å². The molecule has 0 N–H and O–H groups in total. The molecule has 0 spiro atoms. The van der Waals surface area contributed by atoms with E-state index < -0.39 is 0 Å². The van der Waals surface area contributed by atoms with Crippen LogP contribution in [-0.2, 0) is 9.59 Å². The van der Waals surface area contributed by atoms with Crippen LogP contribution in [0.3, 0.4) is 0 Å². The molecule has 0 aliphatic carbocycles. The molecule has 80 valence electrons. The Balaban J connectivity index is 2.56. The van der Waals surface area contributed by atoms with Crippen LogP contribution in [0.2, 0.25) is 0 Å². The number of rotatable bonds is 4. The lowest BCUT2D eigenvalue weighted by molar-refractivity contribution is -0.120. The van der Waals surface area contributed by atoms with Crippen LogP contribution in [0.25, 0.3) is 0 Å². The summed E-state index contributed by atoms with van der Waals surface area (Å²) in [6.07, 6.45) is 2.27. The summed E-state index contributed by atoms with van der Waals surface area (Å²) in [6.45, 7) is 4.26. The van der Waals surface area contributed by atoms with Crippen molar-refractivity contribution in [3.8, 4) is 0 Å². The SMILES string of the molecule is CC(=O)CC1CCN(C)C1CC(C)=O. The average Bonchev–Trinajstić information content (AvgIpc) is 2.34. The summed E-state index contributed by atoms with van der Waals surface area (Å²) in [6, 6.07) is 0.288. The van der Waals surface area contributed by atoms with Gasteiger partial charge in [-0.1, -0.05) is 0 Å². The highest BCUT2D eigenvalue weighted by molar-refractivity contribution is 5.77. The molecule has 0 bridgehead atoms. The largest absolute Gasteiger partial charge is 0.303 e. The molecule has 3 heteroatoms. The van der Waals surface area contributed by atoms with Crippen molar-refractivity contribution in [2.45, 2.75) is 39.2 Å². The van der Waals surface area contributed by atoms with Gasteiger partial charge in [-0.15, -0.1) is 0 Å². The molecule has 0 saturated carbocycles. The fraction of sp³-hybridized carbons (Fsp3) is 0.818. The van der Waals surface area contributed by atoms with Crippen LogP contribution in [0.4, 0.5) is 0 Å². The van der Waals surface area contributed by atoms with Crippen molar-refractivity contribution in [3.05, 3.63) is 0 Å². The van der Waals surface area contributed by atoms with Gasteiger partial charge in [0, 0.05) is 18.9 Å². The monoisotopic (exact) mass is 197 g/mol. The summed E-state index contributed by atoms with van der Waals surface area (Å²) >= 11 is 0. The maximum absolute atomic E-state index is 11.1. The summed E-state index contributed by atoms with van der Waals surface area (Å²) in [4.78, 5) is 24.3. The van der Waals surface area contributed by atoms with E-state index in [4.69, 9.17) is 0 Å². The van der Waals surface area contributed by atoms with Gasteiger partial charge in [0.15, 0.2) is 0 Å². The number of carbonyl (C=O) groups excluding carboxylic acids is 2. The van der Waals surface area contributed by atoms with Crippen molar-refractivity contribution in [2.75, 3.05) is 13.6 Å². The molecule has 0 aromatic rings. The quantitative estimate of drug-likeness (QED) is 0.681. The number of nitrogens with zero attached hydrogens (tertiary/aromatic N) is 1. The second kappa shape index (κ2) is 4.69. The summed E-state index contributed by atoms with van der Waals surface area (Å²) in [5, 5.41) is 0. The van der Waals surface area contributed by atoms with E-state index in [0.29, 0.717) is 18.8 Å². The van der Waals surface area contributed by atoms with Crippen LogP contribution in [0.1, 0.15) is 33.1 Å². The highest BCUT2D eigenvalue weighted by atomic mass is 16.1. The van der Waals surface area contributed by atoms with Gasteiger partial charge in [-0.25, -0.2) is 0 Å². The number of ketones is 2. The molecule has 0 aromatic carbocycles. The van der Waals surface area contributed by atoms with E-state index >= 15 is 0 Å². The van der Waals surface area contributed by atoms with Crippen LogP contribution in [-0.4, -0.2) is 36.1 Å². The molecule has 1 rings (SSSR count). The smallest absolute Gasteiger partial charge is 0.131 e. The first-order chi connectivity index (χ1) is 6.50. The maximum Gasteiger partial charge on any atom is 0.131 e. The number of hydrogen-bond acceptors (Lipinski definition) is 3. The van der Waals surface area contributed by atoms with Gasteiger partial charge in [0.25, 0.3) is 0 Å². The van der Waals surface area contributed by atoms with Gasteiger partial charge in [-0.05, 0) is 39.8 Å². The third-order valence-electron chi connectivity index (χ3n) is 3.01. The molecule has 2 atom stereocenters. The van der Waals surface area contributed by atoms with Crippen molar-refractivity contribution >= 4 is 11.6 Å². The standard InChI is InChI=1S/C11H19NO2/c1-8(13)6-10-4-5-12(3)11(10)7-9(2)14/h10-11H,4-7H2,1-3H3. The van der Waals surface area contributed by atoms with Gasteiger partial charge in [-0.3, -0.25) is 4.79 Å². The first kappa shape index (κ1) is 11.4. The van der Waals surface area contributed by atoms with Gasteiger partial charge in [0.1, 0.15) is 11.6 Å². The molecule has 2 unspecified atom stereocenters. The summed E-state index contributed by atoms with van der Waals surface area (Å²) in [5.41, 5.74) is 0. The van der Waals surface area contributed by atoms with Gasteiger partial charge in [0.05, 0.1) is 0 Å². The second-order valence-electron chi connectivity index (χ2n) is 4.41. The molecular formula is C11H19NO2. The minimum atomic E-state index is 0.220. The van der Waals surface area contributed by atoms with E-state index in [1.165, 1.54) is 0 Å². The molecule has 1 fully saturated rings. The van der Waals surface area contributed by atoms with Gasteiger partial charge >= 0.3 is 0 Å². The van der Waals surface area contributed by atoms with Crippen molar-refractivity contribution in [1.29, 1.82) is 0 Å². The molecule has 3 nitrogen and oxygen atoms in total. The van der Waals surface area contributed by atoms with E-state index in [1.54, 1.807) is 13.8 Å². The highest BCUT2D eigenvalue weighted by Crippen LogP contribution is 2.28. The lowest BCUT2D eigenvalue weighted by Gasteiger charge is -2.23. The fourth-order valence-electron chi connectivity index (χ4n) is 2.31. The number of hydrogen-bond donors (Lipinski definition) is 0. The lowest BCUT2D eigenvalue weighted by Crippen LogP contribution is -2.31. The third kappa shape index (κ3) is 2.91. The van der Waals surface area contributed by atoms with Crippen molar-refractivity contribution < 1.29 is 9.59 Å². The summed E-state index contributed by atoms with van der Waals surface area (Å²) < 4.78 is 0. The van der Waals surface area contributed by atoms with E-state index in [-0.39, 0.29) is 17.6 Å².